The fourth-order valence-corrected chi connectivity index (χ4v) is 1.61. The summed E-state index contributed by atoms with van der Waals surface area (Å²) in [4.78, 5) is 22.3. The van der Waals surface area contributed by atoms with Crippen molar-refractivity contribution in [3.05, 3.63) is 34.6 Å². The van der Waals surface area contributed by atoms with Gasteiger partial charge in [-0.1, -0.05) is 0 Å². The van der Waals surface area contributed by atoms with E-state index in [-0.39, 0.29) is 25.9 Å². The molecule has 0 unspecified atom stereocenters. The number of hydrogen-bond acceptors (Lipinski definition) is 4. The van der Waals surface area contributed by atoms with Crippen LogP contribution in [0.4, 0.5) is 22.0 Å². The monoisotopic (exact) mass is 340 g/mol. The predicted molar refractivity (Wildman–Crippen MR) is 66.5 cm³/mol. The van der Waals surface area contributed by atoms with Crippen LogP contribution in [0.5, 0.6) is 0 Å². The summed E-state index contributed by atoms with van der Waals surface area (Å²) in [5.41, 5.74) is -1.24. The van der Waals surface area contributed by atoms with E-state index in [9.17, 15) is 31.5 Å². The topological polar surface area (TPSA) is 52.6 Å². The van der Waals surface area contributed by atoms with Gasteiger partial charge in [0.1, 0.15) is 6.61 Å². The molecule has 0 radical (unpaired) electrons. The van der Waals surface area contributed by atoms with E-state index in [0.29, 0.717) is 0 Å². The van der Waals surface area contributed by atoms with Gasteiger partial charge in [-0.3, -0.25) is 9.59 Å². The van der Waals surface area contributed by atoms with Gasteiger partial charge in [0.2, 0.25) is 5.82 Å². The van der Waals surface area contributed by atoms with Crippen molar-refractivity contribution in [2.45, 2.75) is 32.8 Å². The molecule has 1 aromatic carbocycles. The molecule has 23 heavy (non-hydrogen) atoms. The molecule has 0 aromatic heterocycles. The maximum Gasteiger partial charge on any atom is 0.306 e. The molecule has 4 nitrogen and oxygen atoms in total. The number of carbonyl (C=O) groups is 2. The van der Waals surface area contributed by atoms with Gasteiger partial charge in [0.05, 0.1) is 12.2 Å². The lowest BCUT2D eigenvalue weighted by Crippen LogP contribution is -2.12. The Bertz CT molecular complexity index is 574. The number of carbonyl (C=O) groups excluding carboxylic acids is 2. The van der Waals surface area contributed by atoms with E-state index in [1.807, 2.05) is 0 Å². The Morgan fingerprint density at radius 3 is 1.70 bits per heavy atom. The first kappa shape index (κ1) is 18.9. The van der Waals surface area contributed by atoms with E-state index in [1.54, 1.807) is 6.92 Å². The van der Waals surface area contributed by atoms with Gasteiger partial charge in [-0.2, -0.15) is 0 Å². The molecule has 0 aliphatic carbocycles. The number of ether oxygens (including phenoxy) is 2. The van der Waals surface area contributed by atoms with Crippen LogP contribution in [0.25, 0.3) is 0 Å². The second-order valence-corrected chi connectivity index (χ2v) is 4.37. The van der Waals surface area contributed by atoms with Crippen LogP contribution < -0.4 is 0 Å². The van der Waals surface area contributed by atoms with Gasteiger partial charge in [0.15, 0.2) is 23.3 Å². The summed E-state index contributed by atoms with van der Waals surface area (Å²) in [5, 5.41) is 0. The summed E-state index contributed by atoms with van der Waals surface area (Å²) in [6.07, 6.45) is -0.269. The maximum absolute atomic E-state index is 13.3. The summed E-state index contributed by atoms with van der Waals surface area (Å²) < 4.78 is 74.4. The minimum atomic E-state index is -2.29. The number of esters is 2. The third kappa shape index (κ3) is 4.90. The van der Waals surface area contributed by atoms with Crippen LogP contribution in [0.3, 0.4) is 0 Å². The quantitative estimate of drug-likeness (QED) is 0.331. The highest BCUT2D eigenvalue weighted by Gasteiger charge is 2.26. The summed E-state index contributed by atoms with van der Waals surface area (Å²) in [5.74, 6) is -12.1. The van der Waals surface area contributed by atoms with Crippen LogP contribution in [0, 0.1) is 29.1 Å². The Labute approximate surface area is 128 Å². The van der Waals surface area contributed by atoms with Crippen LogP contribution in [-0.4, -0.2) is 18.5 Å². The Kier molecular flexibility index (Phi) is 6.92. The number of benzene rings is 1. The zero-order chi connectivity index (χ0) is 17.6. The molecule has 128 valence electrons. The molecule has 1 aromatic rings. The molecule has 0 saturated carbocycles. The summed E-state index contributed by atoms with van der Waals surface area (Å²) >= 11 is 0. The molecular weight excluding hydrogens is 327 g/mol. The molecule has 1 rings (SSSR count). The number of halogens is 5. The first-order valence-corrected chi connectivity index (χ1v) is 6.61. The highest BCUT2D eigenvalue weighted by Crippen LogP contribution is 2.23. The second kappa shape index (κ2) is 8.44. The van der Waals surface area contributed by atoms with Gasteiger partial charge >= 0.3 is 11.9 Å². The van der Waals surface area contributed by atoms with E-state index in [0.717, 1.165) is 0 Å². The van der Waals surface area contributed by atoms with Crippen molar-refractivity contribution >= 4 is 11.9 Å². The molecule has 0 amide bonds. The third-order valence-electron chi connectivity index (χ3n) is 2.75. The van der Waals surface area contributed by atoms with Gasteiger partial charge in [-0.15, -0.1) is 0 Å². The van der Waals surface area contributed by atoms with Crippen LogP contribution >= 0.6 is 0 Å². The average molecular weight is 340 g/mol. The lowest BCUT2D eigenvalue weighted by molar-refractivity contribution is -0.146. The van der Waals surface area contributed by atoms with E-state index >= 15 is 0 Å². The summed E-state index contributed by atoms with van der Waals surface area (Å²) in [7, 11) is 0. The lowest BCUT2D eigenvalue weighted by Gasteiger charge is -2.09. The van der Waals surface area contributed by atoms with Crippen LogP contribution in [0.2, 0.25) is 0 Å². The van der Waals surface area contributed by atoms with Gasteiger partial charge in [0.25, 0.3) is 0 Å². The molecule has 0 fully saturated rings. The minimum Gasteiger partial charge on any atom is -0.466 e. The first-order chi connectivity index (χ1) is 10.8. The first-order valence-electron chi connectivity index (χ1n) is 6.61. The summed E-state index contributed by atoms with van der Waals surface area (Å²) in [6.45, 7) is 0.684. The second-order valence-electron chi connectivity index (χ2n) is 4.37. The largest absolute Gasteiger partial charge is 0.466 e. The van der Waals surface area contributed by atoms with Crippen molar-refractivity contribution < 1.29 is 41.0 Å². The van der Waals surface area contributed by atoms with Crippen LogP contribution in [0.1, 0.15) is 31.7 Å². The Morgan fingerprint density at radius 1 is 0.783 bits per heavy atom. The normalized spacial score (nSPS) is 10.5. The highest BCUT2D eigenvalue weighted by atomic mass is 19.2. The molecule has 0 aliphatic heterocycles. The number of rotatable bonds is 7. The average Bonchev–Trinajstić information content (AvgIpc) is 2.51. The highest BCUT2D eigenvalue weighted by molar-refractivity contribution is 5.72. The predicted octanol–water partition coefficient (Wildman–Crippen LogP) is 3.16. The van der Waals surface area contributed by atoms with Crippen molar-refractivity contribution in [1.82, 2.24) is 0 Å². The number of hydrogen-bond donors (Lipinski definition) is 0. The molecule has 0 bridgehead atoms. The third-order valence-corrected chi connectivity index (χ3v) is 2.75. The van der Waals surface area contributed by atoms with Crippen LogP contribution in [-0.2, 0) is 25.7 Å². The lowest BCUT2D eigenvalue weighted by atomic mass is 10.2. The van der Waals surface area contributed by atoms with E-state index in [1.165, 1.54) is 0 Å². The molecule has 9 heteroatoms. The van der Waals surface area contributed by atoms with Gasteiger partial charge < -0.3 is 9.47 Å². The smallest absolute Gasteiger partial charge is 0.306 e. The van der Waals surface area contributed by atoms with Crippen molar-refractivity contribution in [3.63, 3.8) is 0 Å². The minimum absolute atomic E-state index is 0.0640. The van der Waals surface area contributed by atoms with Crippen LogP contribution in [0.15, 0.2) is 0 Å². The van der Waals surface area contributed by atoms with E-state index in [2.05, 4.69) is 9.47 Å². The molecule has 0 spiro atoms. The maximum atomic E-state index is 13.3. The SMILES string of the molecule is CCOC(=O)CCCC(=O)OCc1c(F)c(F)c(F)c(F)c1F. The Morgan fingerprint density at radius 2 is 1.22 bits per heavy atom. The Balaban J connectivity index is 2.59. The van der Waals surface area contributed by atoms with Crippen molar-refractivity contribution in [2.75, 3.05) is 6.61 Å². The van der Waals surface area contributed by atoms with E-state index in [4.69, 9.17) is 0 Å². The van der Waals surface area contributed by atoms with Crippen molar-refractivity contribution in [2.24, 2.45) is 0 Å². The van der Waals surface area contributed by atoms with Gasteiger partial charge in [-0.05, 0) is 13.3 Å². The fraction of sp³-hybridized carbons (Fsp3) is 0.429. The van der Waals surface area contributed by atoms with Gasteiger partial charge in [-0.25, -0.2) is 22.0 Å². The van der Waals surface area contributed by atoms with Crippen molar-refractivity contribution in [3.8, 4) is 0 Å². The molecule has 0 atom stereocenters. The molecule has 0 N–H and O–H groups in total. The standard InChI is InChI=1S/C14H13F5O4/c1-2-22-8(20)4-3-5-9(21)23-6-7-10(15)12(17)14(19)13(18)11(7)16/h2-6H2,1H3. The molecule has 0 saturated heterocycles. The Hall–Kier alpha value is -2.19. The zero-order valence-electron chi connectivity index (χ0n) is 12.1. The van der Waals surface area contributed by atoms with E-state index < -0.39 is 53.2 Å². The molecule has 0 heterocycles. The fourth-order valence-electron chi connectivity index (χ4n) is 1.61. The molecule has 0 aliphatic rings. The summed E-state index contributed by atoms with van der Waals surface area (Å²) in [6, 6.07) is 0. The zero-order valence-corrected chi connectivity index (χ0v) is 12.1. The van der Waals surface area contributed by atoms with Gasteiger partial charge in [0, 0.05) is 12.8 Å². The molecular formula is C14H13F5O4. The van der Waals surface area contributed by atoms with Crippen molar-refractivity contribution in [1.29, 1.82) is 0 Å².